The standard InChI is InChI=1S/C27H24ClN5O3/c1-36-21-12-8-18(9-13-21)16-29-25(34)15-14-24-30-31-27-32(17-19-6-10-20(28)11-7-19)26(35)22-4-2-3-5-23(22)33(24)27/h2-13H,14-17H2,1H3,(H,29,34). The van der Waals surface area contributed by atoms with Crippen LogP contribution in [0.4, 0.5) is 0 Å². The number of fused-ring (bicyclic) bond motifs is 3. The molecule has 2 heterocycles. The lowest BCUT2D eigenvalue weighted by molar-refractivity contribution is -0.121. The number of carbonyl (C=O) groups excluding carboxylic acids is 1. The molecule has 5 aromatic rings. The molecule has 0 aliphatic rings. The highest BCUT2D eigenvalue weighted by molar-refractivity contribution is 6.30. The Morgan fingerprint density at radius 3 is 2.44 bits per heavy atom. The first-order chi connectivity index (χ1) is 17.5. The first-order valence-electron chi connectivity index (χ1n) is 11.5. The molecule has 8 nitrogen and oxygen atoms in total. The second-order valence-corrected chi connectivity index (χ2v) is 8.85. The Balaban J connectivity index is 1.40. The van der Waals surface area contributed by atoms with Gasteiger partial charge in [0.15, 0.2) is 0 Å². The summed E-state index contributed by atoms with van der Waals surface area (Å²) in [6.07, 6.45) is 0.611. The number of hydrogen-bond donors (Lipinski definition) is 1. The normalized spacial score (nSPS) is 11.2. The van der Waals surface area contributed by atoms with E-state index < -0.39 is 0 Å². The van der Waals surface area contributed by atoms with Gasteiger partial charge < -0.3 is 10.1 Å². The molecule has 3 aromatic carbocycles. The summed E-state index contributed by atoms with van der Waals surface area (Å²) in [4.78, 5) is 25.9. The van der Waals surface area contributed by atoms with Gasteiger partial charge in [0.05, 0.1) is 24.6 Å². The van der Waals surface area contributed by atoms with Crippen LogP contribution in [0.15, 0.2) is 77.6 Å². The Bertz CT molecular complexity index is 1590. The van der Waals surface area contributed by atoms with Crippen LogP contribution in [0.1, 0.15) is 23.4 Å². The van der Waals surface area contributed by atoms with Crippen molar-refractivity contribution >= 4 is 34.2 Å². The molecule has 182 valence electrons. The number of rotatable bonds is 8. The van der Waals surface area contributed by atoms with Crippen molar-refractivity contribution in [2.45, 2.75) is 25.9 Å². The third-order valence-electron chi connectivity index (χ3n) is 6.05. The van der Waals surface area contributed by atoms with Gasteiger partial charge in [0.25, 0.3) is 5.56 Å². The van der Waals surface area contributed by atoms with E-state index in [0.29, 0.717) is 47.0 Å². The zero-order valence-electron chi connectivity index (χ0n) is 19.6. The second-order valence-electron chi connectivity index (χ2n) is 8.41. The van der Waals surface area contributed by atoms with Gasteiger partial charge in [-0.3, -0.25) is 18.6 Å². The molecule has 0 fully saturated rings. The summed E-state index contributed by atoms with van der Waals surface area (Å²) < 4.78 is 8.63. The van der Waals surface area contributed by atoms with Gasteiger partial charge in [-0.1, -0.05) is 48.0 Å². The summed E-state index contributed by atoms with van der Waals surface area (Å²) in [7, 11) is 1.62. The summed E-state index contributed by atoms with van der Waals surface area (Å²) in [5.41, 5.74) is 2.46. The molecule has 1 amide bonds. The van der Waals surface area contributed by atoms with Crippen molar-refractivity contribution in [3.05, 3.63) is 105 Å². The number of aryl methyl sites for hydroxylation is 1. The van der Waals surface area contributed by atoms with E-state index in [4.69, 9.17) is 16.3 Å². The Kier molecular flexibility index (Phi) is 6.69. The fraction of sp³-hybridized carbons (Fsp3) is 0.185. The molecule has 0 saturated heterocycles. The van der Waals surface area contributed by atoms with Crippen LogP contribution in [0, 0.1) is 0 Å². The van der Waals surface area contributed by atoms with Gasteiger partial charge >= 0.3 is 0 Å². The number of nitrogens with one attached hydrogen (secondary N) is 1. The third kappa shape index (κ3) is 4.81. The Labute approximate surface area is 212 Å². The number of para-hydroxylation sites is 1. The van der Waals surface area contributed by atoms with Crippen molar-refractivity contribution in [2.75, 3.05) is 7.11 Å². The number of methoxy groups -OCH3 is 1. The molecule has 1 N–H and O–H groups in total. The van der Waals surface area contributed by atoms with Crippen LogP contribution in [0.2, 0.25) is 5.02 Å². The summed E-state index contributed by atoms with van der Waals surface area (Å²) in [6.45, 7) is 0.748. The molecule has 0 aliphatic heterocycles. The van der Waals surface area contributed by atoms with Gasteiger partial charge in [-0.25, -0.2) is 0 Å². The molecular weight excluding hydrogens is 478 g/mol. The van der Waals surface area contributed by atoms with E-state index in [9.17, 15) is 9.59 Å². The topological polar surface area (TPSA) is 90.5 Å². The number of amides is 1. The zero-order chi connectivity index (χ0) is 25.1. The highest BCUT2D eigenvalue weighted by atomic mass is 35.5. The fourth-order valence-corrected chi connectivity index (χ4v) is 4.27. The van der Waals surface area contributed by atoms with Crippen molar-refractivity contribution in [3.63, 3.8) is 0 Å². The first kappa shape index (κ1) is 23.6. The summed E-state index contributed by atoms with van der Waals surface area (Å²) >= 11 is 6.02. The van der Waals surface area contributed by atoms with Gasteiger partial charge in [-0.15, -0.1) is 10.2 Å². The summed E-state index contributed by atoms with van der Waals surface area (Å²) in [5.74, 6) is 1.72. The maximum absolute atomic E-state index is 13.3. The molecule has 9 heteroatoms. The van der Waals surface area contributed by atoms with E-state index in [2.05, 4.69) is 15.5 Å². The van der Waals surface area contributed by atoms with Crippen molar-refractivity contribution in [1.82, 2.24) is 24.5 Å². The largest absolute Gasteiger partial charge is 0.497 e. The predicted octanol–water partition coefficient (Wildman–Crippen LogP) is 4.00. The molecular formula is C27H24ClN5O3. The molecule has 0 saturated carbocycles. The molecule has 2 aromatic heterocycles. The Hall–Kier alpha value is -4.17. The minimum atomic E-state index is -0.149. The van der Waals surface area contributed by atoms with E-state index in [1.807, 2.05) is 59.0 Å². The lowest BCUT2D eigenvalue weighted by Gasteiger charge is -2.12. The first-order valence-corrected chi connectivity index (χ1v) is 11.9. The molecule has 0 atom stereocenters. The SMILES string of the molecule is COc1ccc(CNC(=O)CCc2nnc3n(Cc4ccc(Cl)cc4)c(=O)c4ccccc4n23)cc1. The number of carbonyl (C=O) groups is 1. The van der Waals surface area contributed by atoms with E-state index in [-0.39, 0.29) is 17.9 Å². The van der Waals surface area contributed by atoms with Crippen LogP contribution in [0.25, 0.3) is 16.7 Å². The highest BCUT2D eigenvalue weighted by Gasteiger charge is 2.17. The maximum atomic E-state index is 13.3. The summed E-state index contributed by atoms with van der Waals surface area (Å²) in [6, 6.07) is 22.3. The molecule has 0 spiro atoms. The number of benzene rings is 3. The Morgan fingerprint density at radius 2 is 1.69 bits per heavy atom. The van der Waals surface area contributed by atoms with E-state index >= 15 is 0 Å². The molecule has 0 aliphatic carbocycles. The van der Waals surface area contributed by atoms with Gasteiger partial charge in [-0.2, -0.15) is 0 Å². The maximum Gasteiger partial charge on any atom is 0.263 e. The van der Waals surface area contributed by atoms with Crippen LogP contribution in [-0.2, 0) is 24.3 Å². The highest BCUT2D eigenvalue weighted by Crippen LogP contribution is 2.18. The fourth-order valence-electron chi connectivity index (χ4n) is 4.15. The molecule has 36 heavy (non-hydrogen) atoms. The smallest absolute Gasteiger partial charge is 0.263 e. The van der Waals surface area contributed by atoms with Crippen LogP contribution < -0.4 is 15.6 Å². The molecule has 0 radical (unpaired) electrons. The number of ether oxygens (including phenoxy) is 1. The van der Waals surface area contributed by atoms with Crippen molar-refractivity contribution in [1.29, 1.82) is 0 Å². The molecule has 0 bridgehead atoms. The monoisotopic (exact) mass is 501 g/mol. The van der Waals surface area contributed by atoms with Crippen molar-refractivity contribution in [3.8, 4) is 5.75 Å². The Morgan fingerprint density at radius 1 is 0.972 bits per heavy atom. The van der Waals surface area contributed by atoms with Gasteiger partial charge in [0, 0.05) is 24.4 Å². The third-order valence-corrected chi connectivity index (χ3v) is 6.31. The second kappa shape index (κ2) is 10.2. The zero-order valence-corrected chi connectivity index (χ0v) is 20.4. The van der Waals surface area contributed by atoms with Gasteiger partial charge in [-0.05, 0) is 47.5 Å². The number of hydrogen-bond acceptors (Lipinski definition) is 5. The van der Waals surface area contributed by atoms with Crippen LogP contribution in [0.5, 0.6) is 5.75 Å². The predicted molar refractivity (Wildman–Crippen MR) is 138 cm³/mol. The van der Waals surface area contributed by atoms with Crippen LogP contribution in [-0.4, -0.2) is 32.2 Å². The average Bonchev–Trinajstić information content (AvgIpc) is 3.34. The van der Waals surface area contributed by atoms with Crippen molar-refractivity contribution in [2.24, 2.45) is 0 Å². The number of halogens is 1. The van der Waals surface area contributed by atoms with E-state index in [0.717, 1.165) is 16.9 Å². The van der Waals surface area contributed by atoms with Gasteiger partial charge in [0.1, 0.15) is 11.6 Å². The van der Waals surface area contributed by atoms with E-state index in [1.54, 1.807) is 29.9 Å². The lowest BCUT2D eigenvalue weighted by atomic mass is 10.2. The van der Waals surface area contributed by atoms with Gasteiger partial charge in [0.2, 0.25) is 11.7 Å². The number of aromatic nitrogens is 4. The average molecular weight is 502 g/mol. The van der Waals surface area contributed by atoms with E-state index in [1.165, 1.54) is 0 Å². The van der Waals surface area contributed by atoms with Crippen LogP contribution in [0.3, 0.4) is 0 Å². The summed E-state index contributed by atoms with van der Waals surface area (Å²) in [5, 5.41) is 12.8. The molecule has 0 unspecified atom stereocenters. The quantitative estimate of drug-likeness (QED) is 0.347. The minimum Gasteiger partial charge on any atom is -0.497 e. The molecule has 5 rings (SSSR count). The minimum absolute atomic E-state index is 0.0960. The number of nitrogens with zero attached hydrogens (tertiary/aromatic N) is 4. The van der Waals surface area contributed by atoms with Crippen LogP contribution >= 0.6 is 11.6 Å². The lowest BCUT2D eigenvalue weighted by Crippen LogP contribution is -2.25. The van der Waals surface area contributed by atoms with Crippen molar-refractivity contribution < 1.29 is 9.53 Å².